The van der Waals surface area contributed by atoms with E-state index in [-0.39, 0.29) is 5.97 Å². The van der Waals surface area contributed by atoms with Crippen molar-refractivity contribution in [2.75, 3.05) is 0 Å². The van der Waals surface area contributed by atoms with Crippen LogP contribution in [0.2, 0.25) is 0 Å². The van der Waals surface area contributed by atoms with Gasteiger partial charge in [-0.25, -0.2) is 0 Å². The molecular formula is C11H9IO2. The second kappa shape index (κ2) is 4.13. The van der Waals surface area contributed by atoms with Crippen molar-refractivity contribution in [3.05, 3.63) is 41.7 Å². The molecule has 0 unspecified atom stereocenters. The summed E-state index contributed by atoms with van der Waals surface area (Å²) in [6.07, 6.45) is 1.24. The first-order chi connectivity index (χ1) is 6.77. The van der Waals surface area contributed by atoms with E-state index in [1.165, 1.54) is 0 Å². The van der Waals surface area contributed by atoms with Gasteiger partial charge in [0.25, 0.3) is 0 Å². The van der Waals surface area contributed by atoms with E-state index in [0.717, 1.165) is 21.3 Å². The van der Waals surface area contributed by atoms with Gasteiger partial charge in [0.2, 0.25) is 0 Å². The number of esters is 1. The molecule has 0 amide bonds. The zero-order valence-electron chi connectivity index (χ0n) is 7.50. The summed E-state index contributed by atoms with van der Waals surface area (Å²) in [4.78, 5) is 10.9. The molecule has 0 N–H and O–H groups in total. The minimum atomic E-state index is -0.120. The molecular weight excluding hydrogens is 291 g/mol. The van der Waals surface area contributed by atoms with Crippen LogP contribution in [0.15, 0.2) is 36.1 Å². The molecule has 1 heterocycles. The molecule has 1 aliphatic heterocycles. The molecule has 0 radical (unpaired) electrons. The Morgan fingerprint density at radius 3 is 2.50 bits per heavy atom. The molecule has 0 aliphatic carbocycles. The standard InChI is InChI=1S/C11H9IO2/c12-11(8-4-2-1-3-5-8)9-6-7-10(13)14-9/h1-5H,6-7H2. The van der Waals surface area contributed by atoms with Crippen LogP contribution in [0.4, 0.5) is 0 Å². The fraction of sp³-hybridized carbons (Fsp3) is 0.182. The fourth-order valence-electron chi connectivity index (χ4n) is 1.36. The van der Waals surface area contributed by atoms with E-state index in [9.17, 15) is 4.79 Å². The predicted molar refractivity (Wildman–Crippen MR) is 62.7 cm³/mol. The molecule has 0 spiro atoms. The molecule has 0 atom stereocenters. The summed E-state index contributed by atoms with van der Waals surface area (Å²) >= 11 is 2.22. The van der Waals surface area contributed by atoms with Gasteiger partial charge in [-0.3, -0.25) is 4.79 Å². The lowest BCUT2D eigenvalue weighted by Crippen LogP contribution is -1.90. The molecule has 3 heteroatoms. The summed E-state index contributed by atoms with van der Waals surface area (Å²) < 4.78 is 6.15. The Balaban J connectivity index is 2.31. The zero-order valence-corrected chi connectivity index (χ0v) is 9.65. The Kier molecular flexibility index (Phi) is 2.86. The van der Waals surface area contributed by atoms with E-state index >= 15 is 0 Å². The Bertz CT molecular complexity index is 382. The highest BCUT2D eigenvalue weighted by molar-refractivity contribution is 14.1. The van der Waals surface area contributed by atoms with Crippen LogP contribution in [-0.2, 0) is 9.53 Å². The van der Waals surface area contributed by atoms with Gasteiger partial charge in [-0.2, -0.15) is 0 Å². The van der Waals surface area contributed by atoms with Crippen LogP contribution < -0.4 is 0 Å². The van der Waals surface area contributed by atoms with E-state index in [2.05, 4.69) is 22.6 Å². The Hall–Kier alpha value is -0.840. The van der Waals surface area contributed by atoms with Gasteiger partial charge in [0.05, 0.1) is 10.0 Å². The largest absolute Gasteiger partial charge is 0.430 e. The molecule has 2 rings (SSSR count). The smallest absolute Gasteiger partial charge is 0.311 e. The second-order valence-corrected chi connectivity index (χ2v) is 4.16. The first-order valence-electron chi connectivity index (χ1n) is 4.42. The molecule has 72 valence electrons. The first-order valence-corrected chi connectivity index (χ1v) is 5.50. The van der Waals surface area contributed by atoms with Gasteiger partial charge >= 0.3 is 5.97 Å². The van der Waals surface area contributed by atoms with Crippen molar-refractivity contribution in [3.8, 4) is 0 Å². The highest BCUT2D eigenvalue weighted by Crippen LogP contribution is 2.32. The summed E-state index contributed by atoms with van der Waals surface area (Å²) in [7, 11) is 0. The molecule has 14 heavy (non-hydrogen) atoms. The molecule has 1 aromatic rings. The lowest BCUT2D eigenvalue weighted by atomic mass is 10.2. The average Bonchev–Trinajstić information content (AvgIpc) is 2.65. The number of allylic oxidation sites excluding steroid dienone is 1. The van der Waals surface area contributed by atoms with Crippen molar-refractivity contribution in [1.29, 1.82) is 0 Å². The fourth-order valence-corrected chi connectivity index (χ4v) is 2.09. The number of rotatable bonds is 1. The minimum absolute atomic E-state index is 0.120. The Morgan fingerprint density at radius 1 is 1.21 bits per heavy atom. The van der Waals surface area contributed by atoms with Crippen molar-refractivity contribution in [3.63, 3.8) is 0 Å². The van der Waals surface area contributed by atoms with Crippen LogP contribution in [0.3, 0.4) is 0 Å². The monoisotopic (exact) mass is 300 g/mol. The topological polar surface area (TPSA) is 26.3 Å². The van der Waals surface area contributed by atoms with Gasteiger partial charge < -0.3 is 4.74 Å². The zero-order chi connectivity index (χ0) is 9.97. The van der Waals surface area contributed by atoms with Crippen LogP contribution >= 0.6 is 22.6 Å². The van der Waals surface area contributed by atoms with Gasteiger partial charge in [-0.05, 0) is 28.2 Å². The van der Waals surface area contributed by atoms with Crippen LogP contribution in [0.1, 0.15) is 18.4 Å². The van der Waals surface area contributed by atoms with Gasteiger partial charge in [0.1, 0.15) is 5.76 Å². The lowest BCUT2D eigenvalue weighted by Gasteiger charge is -2.02. The SMILES string of the molecule is O=C1CCC(=C(I)c2ccccc2)O1. The lowest BCUT2D eigenvalue weighted by molar-refractivity contribution is -0.135. The van der Waals surface area contributed by atoms with E-state index in [0.29, 0.717) is 6.42 Å². The molecule has 0 saturated carbocycles. The number of cyclic esters (lactones) is 1. The van der Waals surface area contributed by atoms with E-state index in [1.807, 2.05) is 30.3 Å². The maximum Gasteiger partial charge on any atom is 0.311 e. The van der Waals surface area contributed by atoms with Gasteiger partial charge in [0.15, 0.2) is 0 Å². The number of benzene rings is 1. The number of carbonyl (C=O) groups is 1. The molecule has 0 bridgehead atoms. The van der Waals surface area contributed by atoms with Crippen LogP contribution in [-0.4, -0.2) is 5.97 Å². The van der Waals surface area contributed by atoms with Crippen molar-refractivity contribution >= 4 is 32.1 Å². The first kappa shape index (κ1) is 9.71. The van der Waals surface area contributed by atoms with Crippen molar-refractivity contribution < 1.29 is 9.53 Å². The molecule has 0 aromatic heterocycles. The van der Waals surface area contributed by atoms with Gasteiger partial charge in [-0.15, -0.1) is 0 Å². The third-order valence-electron chi connectivity index (χ3n) is 2.07. The highest BCUT2D eigenvalue weighted by atomic mass is 127. The Morgan fingerprint density at radius 2 is 1.93 bits per heavy atom. The summed E-state index contributed by atoms with van der Waals surface area (Å²) in [6.45, 7) is 0. The number of carbonyl (C=O) groups excluding carboxylic acids is 1. The number of ether oxygens (including phenoxy) is 1. The summed E-state index contributed by atoms with van der Waals surface area (Å²) in [5.41, 5.74) is 1.11. The average molecular weight is 300 g/mol. The maximum atomic E-state index is 10.9. The maximum absolute atomic E-state index is 10.9. The second-order valence-electron chi connectivity index (χ2n) is 3.08. The minimum Gasteiger partial charge on any atom is -0.430 e. The number of hydrogen-bond acceptors (Lipinski definition) is 2. The van der Waals surface area contributed by atoms with Crippen LogP contribution in [0.5, 0.6) is 0 Å². The van der Waals surface area contributed by atoms with E-state index < -0.39 is 0 Å². The summed E-state index contributed by atoms with van der Waals surface area (Å²) in [5.74, 6) is 0.687. The molecule has 1 fully saturated rings. The van der Waals surface area contributed by atoms with Crippen LogP contribution in [0.25, 0.3) is 3.58 Å². The van der Waals surface area contributed by atoms with Crippen LogP contribution in [0, 0.1) is 0 Å². The molecule has 1 aromatic carbocycles. The van der Waals surface area contributed by atoms with Crippen molar-refractivity contribution in [1.82, 2.24) is 0 Å². The normalized spacial score (nSPS) is 19.4. The third-order valence-corrected chi connectivity index (χ3v) is 3.29. The summed E-state index contributed by atoms with van der Waals surface area (Å²) in [5, 5.41) is 0. The quantitative estimate of drug-likeness (QED) is 0.588. The van der Waals surface area contributed by atoms with E-state index in [1.54, 1.807) is 0 Å². The highest BCUT2D eigenvalue weighted by Gasteiger charge is 2.20. The van der Waals surface area contributed by atoms with E-state index in [4.69, 9.17) is 4.74 Å². The predicted octanol–water partition coefficient (Wildman–Crippen LogP) is 3.13. The number of hydrogen-bond donors (Lipinski definition) is 0. The van der Waals surface area contributed by atoms with Crippen molar-refractivity contribution in [2.45, 2.75) is 12.8 Å². The van der Waals surface area contributed by atoms with Gasteiger partial charge in [-0.1, -0.05) is 30.3 Å². The Labute approximate surface area is 96.1 Å². The summed E-state index contributed by atoms with van der Waals surface area (Å²) in [6, 6.07) is 9.96. The van der Waals surface area contributed by atoms with Gasteiger partial charge in [0, 0.05) is 6.42 Å². The molecule has 1 saturated heterocycles. The molecule has 2 nitrogen and oxygen atoms in total. The number of halogens is 1. The molecule has 1 aliphatic rings. The van der Waals surface area contributed by atoms with Crippen molar-refractivity contribution in [2.24, 2.45) is 0 Å². The third kappa shape index (κ3) is 1.97.